The van der Waals surface area contributed by atoms with E-state index in [0.29, 0.717) is 34.8 Å². The Kier molecular flexibility index (Phi) is 6.04. The zero-order valence-electron chi connectivity index (χ0n) is 14.7. The summed E-state index contributed by atoms with van der Waals surface area (Å²) in [6.07, 6.45) is 0.342. The molecule has 2 aromatic carbocycles. The Morgan fingerprint density at radius 2 is 2.00 bits per heavy atom. The van der Waals surface area contributed by atoms with Crippen LogP contribution in [0.4, 0.5) is 0 Å². The number of aliphatic hydroxyl groups excluding tert-OH is 1. The Morgan fingerprint density at radius 1 is 1.23 bits per heavy atom. The normalized spacial score (nSPS) is 12.6. The molecular formula is C20H22ClN3O2. The number of rotatable bonds is 7. The van der Waals surface area contributed by atoms with E-state index in [1.54, 1.807) is 18.2 Å². The van der Waals surface area contributed by atoms with Gasteiger partial charge >= 0.3 is 0 Å². The van der Waals surface area contributed by atoms with Crippen molar-refractivity contribution in [2.75, 3.05) is 13.1 Å². The molecule has 3 aromatic rings. The monoisotopic (exact) mass is 371 g/mol. The van der Waals surface area contributed by atoms with Crippen molar-refractivity contribution in [2.45, 2.75) is 26.0 Å². The molecule has 6 heteroatoms. The fraction of sp³-hybridized carbons (Fsp3) is 0.300. The molecule has 1 heterocycles. The molecule has 0 aliphatic rings. The Bertz CT molecular complexity index is 927. The average molecular weight is 372 g/mol. The van der Waals surface area contributed by atoms with Gasteiger partial charge in [0, 0.05) is 11.6 Å². The number of nitrogens with one attached hydrogen (secondary N) is 1. The van der Waals surface area contributed by atoms with Gasteiger partial charge in [0.1, 0.15) is 5.82 Å². The molecule has 26 heavy (non-hydrogen) atoms. The summed E-state index contributed by atoms with van der Waals surface area (Å²) < 4.78 is 0. The predicted octanol–water partition coefficient (Wildman–Crippen LogP) is 3.52. The van der Waals surface area contributed by atoms with Crippen LogP contribution in [-0.2, 0) is 6.54 Å². The van der Waals surface area contributed by atoms with Crippen LogP contribution in [0.25, 0.3) is 10.9 Å². The minimum Gasteiger partial charge on any atom is -0.387 e. The van der Waals surface area contributed by atoms with E-state index in [0.717, 1.165) is 18.5 Å². The molecule has 1 aromatic heterocycles. The summed E-state index contributed by atoms with van der Waals surface area (Å²) in [6.45, 7) is 3.80. The molecule has 136 valence electrons. The van der Waals surface area contributed by atoms with Gasteiger partial charge in [0.2, 0.25) is 0 Å². The number of fused-ring (bicyclic) bond motifs is 1. The minimum atomic E-state index is -0.593. The van der Waals surface area contributed by atoms with Gasteiger partial charge in [-0.05, 0) is 36.7 Å². The zero-order valence-corrected chi connectivity index (χ0v) is 15.4. The third-order valence-electron chi connectivity index (χ3n) is 4.25. The van der Waals surface area contributed by atoms with Gasteiger partial charge in [0.25, 0.3) is 5.56 Å². The van der Waals surface area contributed by atoms with Crippen LogP contribution in [-0.4, -0.2) is 33.1 Å². The lowest BCUT2D eigenvalue weighted by molar-refractivity contribution is 0.107. The number of nitrogens with zero attached hydrogens (tertiary/aromatic N) is 2. The fourth-order valence-corrected chi connectivity index (χ4v) is 3.19. The van der Waals surface area contributed by atoms with Gasteiger partial charge in [0.05, 0.1) is 23.6 Å². The lowest BCUT2D eigenvalue weighted by Gasteiger charge is -2.24. The Morgan fingerprint density at radius 3 is 2.73 bits per heavy atom. The van der Waals surface area contributed by atoms with Crippen molar-refractivity contribution in [3.63, 3.8) is 0 Å². The number of hydrogen-bond acceptors (Lipinski definition) is 4. The summed E-state index contributed by atoms with van der Waals surface area (Å²) in [7, 11) is 0. The highest BCUT2D eigenvalue weighted by Gasteiger charge is 2.15. The second-order valence-electron chi connectivity index (χ2n) is 6.34. The smallest absolute Gasteiger partial charge is 0.258 e. The lowest BCUT2D eigenvalue weighted by Crippen LogP contribution is -2.30. The number of hydrogen-bond donors (Lipinski definition) is 2. The Labute approximate surface area is 157 Å². The van der Waals surface area contributed by atoms with Crippen LogP contribution in [0.15, 0.2) is 53.3 Å². The molecule has 0 aliphatic heterocycles. The van der Waals surface area contributed by atoms with Crippen LogP contribution in [0.2, 0.25) is 5.02 Å². The minimum absolute atomic E-state index is 0.179. The predicted molar refractivity (Wildman–Crippen MR) is 104 cm³/mol. The molecule has 1 unspecified atom stereocenters. The highest BCUT2D eigenvalue weighted by atomic mass is 35.5. The van der Waals surface area contributed by atoms with Gasteiger partial charge in [-0.2, -0.15) is 0 Å². The fourth-order valence-electron chi connectivity index (χ4n) is 3.02. The number of benzene rings is 2. The van der Waals surface area contributed by atoms with Crippen molar-refractivity contribution >= 4 is 22.5 Å². The number of aromatic nitrogens is 2. The summed E-state index contributed by atoms with van der Waals surface area (Å²) in [5.74, 6) is 0.568. The van der Waals surface area contributed by atoms with Gasteiger partial charge in [-0.1, -0.05) is 48.9 Å². The topological polar surface area (TPSA) is 69.2 Å². The number of aromatic amines is 1. The summed E-state index contributed by atoms with van der Waals surface area (Å²) in [5, 5.41) is 11.6. The maximum absolute atomic E-state index is 12.3. The van der Waals surface area contributed by atoms with Crippen LogP contribution >= 0.6 is 11.6 Å². The lowest BCUT2D eigenvalue weighted by atomic mass is 10.1. The van der Waals surface area contributed by atoms with Crippen LogP contribution in [0, 0.1) is 0 Å². The molecule has 5 nitrogen and oxygen atoms in total. The largest absolute Gasteiger partial charge is 0.387 e. The van der Waals surface area contributed by atoms with E-state index in [2.05, 4.69) is 21.8 Å². The summed E-state index contributed by atoms with van der Waals surface area (Å²) >= 11 is 6.02. The molecule has 0 amide bonds. The van der Waals surface area contributed by atoms with E-state index in [1.807, 2.05) is 30.3 Å². The SMILES string of the molecule is CCCN(Cc1nc2cc(Cl)ccc2c(=O)[nH]1)CC(O)c1ccccc1. The van der Waals surface area contributed by atoms with E-state index in [1.165, 1.54) is 0 Å². The van der Waals surface area contributed by atoms with E-state index < -0.39 is 6.10 Å². The molecule has 1 atom stereocenters. The number of halogens is 1. The first-order chi connectivity index (χ1) is 12.6. The molecule has 0 radical (unpaired) electrons. The van der Waals surface area contributed by atoms with E-state index in [-0.39, 0.29) is 5.56 Å². The van der Waals surface area contributed by atoms with E-state index in [9.17, 15) is 9.90 Å². The van der Waals surface area contributed by atoms with Crippen molar-refractivity contribution in [3.8, 4) is 0 Å². The van der Waals surface area contributed by atoms with Crippen molar-refractivity contribution in [1.29, 1.82) is 0 Å². The molecule has 0 spiro atoms. The number of aliphatic hydroxyl groups is 1. The average Bonchev–Trinajstić information content (AvgIpc) is 2.62. The van der Waals surface area contributed by atoms with Gasteiger partial charge in [-0.3, -0.25) is 9.69 Å². The first kappa shape index (κ1) is 18.6. The standard InChI is InChI=1S/C20H22ClN3O2/c1-2-10-24(12-18(25)14-6-4-3-5-7-14)13-19-22-17-11-15(21)8-9-16(17)20(26)23-19/h3-9,11,18,25H,2,10,12-13H2,1H3,(H,22,23,26). The van der Waals surface area contributed by atoms with Gasteiger partial charge in [0.15, 0.2) is 0 Å². The maximum atomic E-state index is 12.3. The Balaban J connectivity index is 1.81. The van der Waals surface area contributed by atoms with E-state index in [4.69, 9.17) is 11.6 Å². The number of H-pyrrole nitrogens is 1. The van der Waals surface area contributed by atoms with Gasteiger partial charge in [-0.25, -0.2) is 4.98 Å². The molecule has 0 fully saturated rings. The van der Waals surface area contributed by atoms with Crippen molar-refractivity contribution in [2.24, 2.45) is 0 Å². The Hall–Kier alpha value is -2.21. The van der Waals surface area contributed by atoms with Crippen molar-refractivity contribution < 1.29 is 5.11 Å². The highest BCUT2D eigenvalue weighted by Crippen LogP contribution is 2.17. The van der Waals surface area contributed by atoms with Gasteiger partial charge in [-0.15, -0.1) is 0 Å². The van der Waals surface area contributed by atoms with Crippen LogP contribution in [0.1, 0.15) is 30.8 Å². The summed E-state index contributed by atoms with van der Waals surface area (Å²) in [6, 6.07) is 14.6. The molecule has 2 N–H and O–H groups in total. The van der Waals surface area contributed by atoms with Crippen LogP contribution < -0.4 is 5.56 Å². The maximum Gasteiger partial charge on any atom is 0.258 e. The summed E-state index contributed by atoms with van der Waals surface area (Å²) in [5.41, 5.74) is 1.28. The van der Waals surface area contributed by atoms with Crippen LogP contribution in [0.5, 0.6) is 0 Å². The van der Waals surface area contributed by atoms with Crippen molar-refractivity contribution in [1.82, 2.24) is 14.9 Å². The zero-order chi connectivity index (χ0) is 18.5. The second kappa shape index (κ2) is 8.45. The molecule has 3 rings (SSSR count). The van der Waals surface area contributed by atoms with Gasteiger partial charge < -0.3 is 10.1 Å². The molecule has 0 aliphatic carbocycles. The second-order valence-corrected chi connectivity index (χ2v) is 6.77. The first-order valence-electron chi connectivity index (χ1n) is 8.70. The van der Waals surface area contributed by atoms with E-state index >= 15 is 0 Å². The highest BCUT2D eigenvalue weighted by molar-refractivity contribution is 6.31. The molecule has 0 saturated heterocycles. The van der Waals surface area contributed by atoms with Crippen molar-refractivity contribution in [3.05, 3.63) is 75.3 Å². The summed E-state index contributed by atoms with van der Waals surface area (Å²) in [4.78, 5) is 21.8. The quantitative estimate of drug-likeness (QED) is 0.666. The first-order valence-corrected chi connectivity index (χ1v) is 9.08. The molecule has 0 bridgehead atoms. The van der Waals surface area contributed by atoms with Crippen LogP contribution in [0.3, 0.4) is 0 Å². The molecular weight excluding hydrogens is 350 g/mol. The molecule has 0 saturated carbocycles. The third-order valence-corrected chi connectivity index (χ3v) is 4.48. The third kappa shape index (κ3) is 4.49.